The molecule has 6 heteroatoms. The number of thiophene rings is 1. The average Bonchev–Trinajstić information content (AvgIpc) is 3.25. The Hall–Kier alpha value is -2.89. The molecule has 2 heterocycles. The van der Waals surface area contributed by atoms with E-state index in [2.05, 4.69) is 5.32 Å². The van der Waals surface area contributed by atoms with Crippen molar-refractivity contribution in [3.05, 3.63) is 87.2 Å². The lowest BCUT2D eigenvalue weighted by atomic mass is 10.1. The lowest BCUT2D eigenvalue weighted by molar-refractivity contribution is -0.120. The molecule has 0 saturated heterocycles. The van der Waals surface area contributed by atoms with Crippen molar-refractivity contribution in [1.29, 1.82) is 0 Å². The zero-order valence-corrected chi connectivity index (χ0v) is 16.0. The number of benzene rings is 2. The number of aryl methyl sites for hydroxylation is 1. The molecule has 0 atom stereocenters. The van der Waals surface area contributed by atoms with E-state index >= 15 is 0 Å². The zero-order chi connectivity index (χ0) is 19.0. The van der Waals surface area contributed by atoms with Gasteiger partial charge in [-0.1, -0.05) is 35.9 Å². The van der Waals surface area contributed by atoms with Crippen LogP contribution in [0.4, 0.5) is 11.4 Å². The summed E-state index contributed by atoms with van der Waals surface area (Å²) >= 11 is 7.46. The average molecular weight is 395 g/mol. The minimum Gasteiger partial charge on any atom is -0.350 e. The monoisotopic (exact) mass is 394 g/mol. The van der Waals surface area contributed by atoms with Crippen molar-refractivity contribution in [2.45, 2.75) is 6.92 Å². The van der Waals surface area contributed by atoms with Crippen LogP contribution in [0.3, 0.4) is 0 Å². The van der Waals surface area contributed by atoms with Gasteiger partial charge >= 0.3 is 0 Å². The third-order valence-electron chi connectivity index (χ3n) is 4.31. The van der Waals surface area contributed by atoms with Crippen molar-refractivity contribution in [3.8, 4) is 0 Å². The molecule has 27 heavy (non-hydrogen) atoms. The number of carbonyl (C=O) groups excluding carboxylic acids is 2. The van der Waals surface area contributed by atoms with E-state index in [-0.39, 0.29) is 17.5 Å². The van der Waals surface area contributed by atoms with Gasteiger partial charge in [0.15, 0.2) is 0 Å². The molecule has 4 nitrogen and oxygen atoms in total. The van der Waals surface area contributed by atoms with E-state index < -0.39 is 0 Å². The van der Waals surface area contributed by atoms with Crippen LogP contribution in [0.5, 0.6) is 0 Å². The van der Waals surface area contributed by atoms with Crippen LogP contribution in [0.15, 0.2) is 71.7 Å². The Morgan fingerprint density at radius 1 is 0.963 bits per heavy atom. The van der Waals surface area contributed by atoms with Gasteiger partial charge in [0.25, 0.3) is 11.8 Å². The number of halogens is 1. The van der Waals surface area contributed by atoms with E-state index in [0.717, 1.165) is 16.1 Å². The van der Waals surface area contributed by atoms with Crippen LogP contribution in [-0.2, 0) is 9.59 Å². The van der Waals surface area contributed by atoms with Crippen LogP contribution in [0, 0.1) is 6.92 Å². The normalized spacial score (nSPS) is 14.2. The number of nitrogens with zero attached hydrogens (tertiary/aromatic N) is 1. The maximum absolute atomic E-state index is 13.2. The highest BCUT2D eigenvalue weighted by Crippen LogP contribution is 2.36. The minimum atomic E-state index is -0.371. The molecule has 0 bridgehead atoms. The van der Waals surface area contributed by atoms with Crippen molar-refractivity contribution in [1.82, 2.24) is 0 Å². The second-order valence-electron chi connectivity index (χ2n) is 6.09. The summed E-state index contributed by atoms with van der Waals surface area (Å²) in [5, 5.41) is 5.67. The molecular formula is C21H15ClN2O2S. The molecule has 134 valence electrons. The van der Waals surface area contributed by atoms with E-state index in [0.29, 0.717) is 16.3 Å². The summed E-state index contributed by atoms with van der Waals surface area (Å²) in [6.07, 6.45) is 0. The van der Waals surface area contributed by atoms with E-state index in [1.807, 2.05) is 36.6 Å². The molecule has 0 aliphatic carbocycles. The molecule has 3 aromatic rings. The Morgan fingerprint density at radius 3 is 2.41 bits per heavy atom. The molecule has 0 radical (unpaired) electrons. The van der Waals surface area contributed by atoms with Crippen molar-refractivity contribution in [3.63, 3.8) is 0 Å². The van der Waals surface area contributed by atoms with Crippen LogP contribution in [0.1, 0.15) is 10.4 Å². The van der Waals surface area contributed by atoms with Crippen molar-refractivity contribution >= 4 is 51.7 Å². The smallest absolute Gasteiger partial charge is 0.282 e. The quantitative estimate of drug-likeness (QED) is 0.626. The number of para-hydroxylation sites is 1. The zero-order valence-electron chi connectivity index (χ0n) is 14.4. The molecule has 1 aliphatic rings. The van der Waals surface area contributed by atoms with Gasteiger partial charge in [-0.15, -0.1) is 11.3 Å². The molecule has 2 aromatic carbocycles. The first-order valence-corrected chi connectivity index (χ1v) is 9.57. The lowest BCUT2D eigenvalue weighted by Crippen LogP contribution is -2.32. The van der Waals surface area contributed by atoms with Crippen LogP contribution >= 0.6 is 22.9 Å². The third kappa shape index (κ3) is 3.16. The highest BCUT2D eigenvalue weighted by molar-refractivity contribution is 7.11. The molecule has 0 spiro atoms. The van der Waals surface area contributed by atoms with E-state index in [9.17, 15) is 9.59 Å². The molecule has 1 aliphatic heterocycles. The second-order valence-corrected chi connectivity index (χ2v) is 7.48. The van der Waals surface area contributed by atoms with E-state index in [4.69, 9.17) is 11.6 Å². The molecule has 1 N–H and O–H groups in total. The number of amides is 2. The first kappa shape index (κ1) is 17.5. The Kier molecular flexibility index (Phi) is 4.56. The van der Waals surface area contributed by atoms with Gasteiger partial charge in [0, 0.05) is 15.6 Å². The van der Waals surface area contributed by atoms with Gasteiger partial charge in [0.05, 0.1) is 11.3 Å². The summed E-state index contributed by atoms with van der Waals surface area (Å²) in [5.74, 6) is -0.702. The van der Waals surface area contributed by atoms with Gasteiger partial charge in [0.1, 0.15) is 5.70 Å². The number of hydrogen-bond acceptors (Lipinski definition) is 4. The van der Waals surface area contributed by atoms with Crippen LogP contribution in [0.2, 0.25) is 5.02 Å². The van der Waals surface area contributed by atoms with Crippen molar-refractivity contribution in [2.75, 3.05) is 10.2 Å². The predicted molar refractivity (Wildman–Crippen MR) is 110 cm³/mol. The third-order valence-corrected chi connectivity index (χ3v) is 5.44. The van der Waals surface area contributed by atoms with Crippen LogP contribution in [0.25, 0.3) is 5.57 Å². The molecule has 0 unspecified atom stereocenters. The molecule has 1 aromatic heterocycles. The van der Waals surface area contributed by atoms with E-state index in [1.165, 1.54) is 16.2 Å². The minimum absolute atomic E-state index is 0.275. The van der Waals surface area contributed by atoms with Gasteiger partial charge in [-0.3, -0.25) is 9.59 Å². The fourth-order valence-corrected chi connectivity index (χ4v) is 4.00. The number of anilines is 2. The summed E-state index contributed by atoms with van der Waals surface area (Å²) in [5.41, 5.74) is 2.83. The number of rotatable bonds is 4. The van der Waals surface area contributed by atoms with Crippen molar-refractivity contribution in [2.24, 2.45) is 0 Å². The van der Waals surface area contributed by atoms with Gasteiger partial charge < -0.3 is 5.32 Å². The summed E-state index contributed by atoms with van der Waals surface area (Å²) in [4.78, 5) is 28.3. The topological polar surface area (TPSA) is 49.4 Å². The number of hydrogen-bond donors (Lipinski definition) is 1. The summed E-state index contributed by atoms with van der Waals surface area (Å²) < 4.78 is 0. The fraction of sp³-hybridized carbons (Fsp3) is 0.0476. The fourth-order valence-electron chi connectivity index (χ4n) is 3.01. The van der Waals surface area contributed by atoms with E-state index in [1.54, 1.807) is 36.4 Å². The highest BCUT2D eigenvalue weighted by Gasteiger charge is 2.40. The molecule has 0 saturated carbocycles. The molecule has 0 fully saturated rings. The Bertz CT molecular complexity index is 1060. The predicted octanol–water partition coefficient (Wildman–Crippen LogP) is 5.11. The van der Waals surface area contributed by atoms with Gasteiger partial charge in [-0.25, -0.2) is 4.90 Å². The number of imide groups is 1. The Balaban J connectivity index is 1.81. The molecule has 2 amide bonds. The van der Waals surface area contributed by atoms with Crippen molar-refractivity contribution < 1.29 is 9.59 Å². The van der Waals surface area contributed by atoms with Crippen LogP contribution < -0.4 is 10.2 Å². The molecule has 4 rings (SSSR count). The summed E-state index contributed by atoms with van der Waals surface area (Å²) in [6, 6.07) is 18.0. The first-order valence-electron chi connectivity index (χ1n) is 8.31. The highest BCUT2D eigenvalue weighted by atomic mass is 35.5. The lowest BCUT2D eigenvalue weighted by Gasteiger charge is -2.15. The summed E-state index contributed by atoms with van der Waals surface area (Å²) in [6.45, 7) is 1.90. The second kappa shape index (κ2) is 7.02. The standard InChI is InChI=1S/C21H15ClN2O2S/c1-13-12-14(22)9-10-16(13)23-19-18(17-8-5-11-27-17)20(25)24(21(19)26)15-6-3-2-4-7-15/h2-12,23H,1H3. The Morgan fingerprint density at radius 2 is 1.74 bits per heavy atom. The number of carbonyl (C=O) groups is 2. The van der Waals surface area contributed by atoms with Gasteiger partial charge in [-0.05, 0) is 54.3 Å². The Labute approximate surface area is 165 Å². The van der Waals surface area contributed by atoms with Gasteiger partial charge in [-0.2, -0.15) is 0 Å². The maximum atomic E-state index is 13.2. The number of nitrogens with one attached hydrogen (secondary N) is 1. The SMILES string of the molecule is Cc1cc(Cl)ccc1NC1=C(c2cccs2)C(=O)N(c2ccccc2)C1=O. The first-order chi connectivity index (χ1) is 13.1. The maximum Gasteiger partial charge on any atom is 0.282 e. The van der Waals surface area contributed by atoms with Gasteiger partial charge in [0.2, 0.25) is 0 Å². The van der Waals surface area contributed by atoms with Crippen LogP contribution in [-0.4, -0.2) is 11.8 Å². The molecular weight excluding hydrogens is 380 g/mol. The largest absolute Gasteiger partial charge is 0.350 e. The summed E-state index contributed by atoms with van der Waals surface area (Å²) in [7, 11) is 0.